The van der Waals surface area contributed by atoms with Crippen LogP contribution in [0.25, 0.3) is 0 Å². The maximum Gasteiger partial charge on any atom is 0.328 e. The van der Waals surface area contributed by atoms with Gasteiger partial charge in [-0.25, -0.2) is 9.59 Å². The van der Waals surface area contributed by atoms with Gasteiger partial charge in [-0.3, -0.25) is 0 Å². The molecular formula is C30H41NO9. The molecule has 0 unspecified atom stereocenters. The summed E-state index contributed by atoms with van der Waals surface area (Å²) in [6.45, 7) is 4.97. The van der Waals surface area contributed by atoms with Gasteiger partial charge in [-0.2, -0.15) is 0 Å². The van der Waals surface area contributed by atoms with Gasteiger partial charge in [0, 0.05) is 29.8 Å². The third-order valence-corrected chi connectivity index (χ3v) is 6.24. The quantitative estimate of drug-likeness (QED) is 0.237. The number of para-hydroxylation sites is 1. The van der Waals surface area contributed by atoms with E-state index in [1.54, 1.807) is 21.3 Å². The summed E-state index contributed by atoms with van der Waals surface area (Å²) < 4.78 is 22.4. The Kier molecular flexibility index (Phi) is 12.9. The molecule has 1 saturated carbocycles. The lowest BCUT2D eigenvalue weighted by Gasteiger charge is -2.29. The van der Waals surface area contributed by atoms with Gasteiger partial charge in [0.2, 0.25) is 0 Å². The summed E-state index contributed by atoms with van der Waals surface area (Å²) in [6, 6.07) is 13.9. The van der Waals surface area contributed by atoms with E-state index >= 15 is 0 Å². The van der Waals surface area contributed by atoms with Crippen molar-refractivity contribution in [1.82, 2.24) is 5.32 Å². The summed E-state index contributed by atoms with van der Waals surface area (Å²) in [4.78, 5) is 19.1. The Labute approximate surface area is 235 Å². The molecule has 0 aliphatic heterocycles. The van der Waals surface area contributed by atoms with Gasteiger partial charge in [0.25, 0.3) is 0 Å². The number of β-amino-alcohol motifs (C(OH)–C–C–N with tert-alkyl or cyclic N) is 1. The van der Waals surface area contributed by atoms with E-state index in [4.69, 9.17) is 29.2 Å². The number of carboxylic acids is 2. The van der Waals surface area contributed by atoms with Crippen LogP contribution < -0.4 is 19.5 Å². The first kappa shape index (κ1) is 32.6. The summed E-state index contributed by atoms with van der Waals surface area (Å²) in [5, 5.41) is 29.7. The van der Waals surface area contributed by atoms with Crippen molar-refractivity contribution in [2.45, 2.75) is 50.9 Å². The van der Waals surface area contributed by atoms with Crippen LogP contribution in [0.15, 0.2) is 54.6 Å². The number of ether oxygens (including phenoxy) is 4. The predicted molar refractivity (Wildman–Crippen MR) is 150 cm³/mol. The number of aliphatic hydroxyl groups is 1. The molecule has 0 spiro atoms. The molecule has 10 heteroatoms. The highest BCUT2D eigenvalue weighted by Crippen LogP contribution is 2.45. The molecule has 1 fully saturated rings. The highest BCUT2D eigenvalue weighted by Gasteiger charge is 2.35. The van der Waals surface area contributed by atoms with Crippen molar-refractivity contribution in [3.05, 3.63) is 65.7 Å². The monoisotopic (exact) mass is 559 g/mol. The van der Waals surface area contributed by atoms with Crippen molar-refractivity contribution in [2.24, 2.45) is 5.92 Å². The van der Waals surface area contributed by atoms with Crippen LogP contribution in [-0.2, 0) is 20.7 Å². The third-order valence-electron chi connectivity index (χ3n) is 6.24. The Balaban J connectivity index is 0.000000611. The van der Waals surface area contributed by atoms with Gasteiger partial charge in [0.15, 0.2) is 11.5 Å². The van der Waals surface area contributed by atoms with Crippen molar-refractivity contribution in [1.29, 1.82) is 0 Å². The first-order chi connectivity index (χ1) is 19.0. The maximum absolute atomic E-state index is 10.6. The summed E-state index contributed by atoms with van der Waals surface area (Å²) in [5.41, 5.74) is 1.99. The fourth-order valence-corrected chi connectivity index (χ4v) is 4.15. The largest absolute Gasteiger partial charge is 0.496 e. The average Bonchev–Trinajstić information content (AvgIpc) is 3.76. The van der Waals surface area contributed by atoms with Crippen LogP contribution in [0.5, 0.6) is 17.2 Å². The number of benzene rings is 2. The van der Waals surface area contributed by atoms with Crippen molar-refractivity contribution < 1.29 is 43.9 Å². The number of aliphatic hydroxyl groups excluding tert-OH is 1. The lowest BCUT2D eigenvalue weighted by atomic mass is 9.94. The van der Waals surface area contributed by atoms with E-state index in [-0.39, 0.29) is 18.2 Å². The summed E-state index contributed by atoms with van der Waals surface area (Å²) >= 11 is 0. The molecule has 0 amide bonds. The van der Waals surface area contributed by atoms with E-state index < -0.39 is 18.0 Å². The molecule has 40 heavy (non-hydrogen) atoms. The maximum atomic E-state index is 10.6. The number of hydrogen-bond acceptors (Lipinski definition) is 8. The molecule has 2 atom stereocenters. The van der Waals surface area contributed by atoms with Crippen LogP contribution in [0.3, 0.4) is 0 Å². The van der Waals surface area contributed by atoms with Crippen molar-refractivity contribution in [2.75, 3.05) is 34.5 Å². The Morgan fingerprint density at radius 2 is 1.55 bits per heavy atom. The van der Waals surface area contributed by atoms with E-state index in [1.807, 2.05) is 36.4 Å². The topological polar surface area (TPSA) is 144 Å². The highest BCUT2D eigenvalue weighted by molar-refractivity contribution is 5.89. The minimum atomic E-state index is -1.26. The molecular weight excluding hydrogens is 518 g/mol. The number of nitrogens with one attached hydrogen (secondary N) is 1. The lowest BCUT2D eigenvalue weighted by molar-refractivity contribution is -0.134. The van der Waals surface area contributed by atoms with E-state index in [0.29, 0.717) is 24.6 Å². The number of carbonyl (C=O) groups is 2. The van der Waals surface area contributed by atoms with E-state index in [1.165, 1.54) is 0 Å². The zero-order chi connectivity index (χ0) is 29.7. The molecule has 0 bridgehead atoms. The van der Waals surface area contributed by atoms with Crippen LogP contribution in [0.1, 0.15) is 43.9 Å². The standard InChI is InChI=1S/C26H37NO5.C4H4O4/c1-26(2,15-18-10-13-23(30-4)24(14-18)31-5)27-16-20(28)17-32-25(19-11-12-19)21-8-6-7-9-22(21)29-3;5-3(6)1-2-4(7)8/h6-10,13-14,19-20,25,27-28H,11-12,15-17H2,1-5H3;1-2H,(H,5,6)(H,7,8)/b;2-1+/t20-,25-;/m1./s1. The first-order valence-corrected chi connectivity index (χ1v) is 13.0. The Bertz CT molecular complexity index is 1110. The number of aliphatic carboxylic acids is 2. The molecule has 4 N–H and O–H groups in total. The Hall–Kier alpha value is -3.60. The second kappa shape index (κ2) is 15.9. The molecule has 2 aromatic rings. The lowest BCUT2D eigenvalue weighted by Crippen LogP contribution is -2.46. The molecule has 0 heterocycles. The minimum absolute atomic E-state index is 0.0411. The van der Waals surface area contributed by atoms with Crippen molar-refractivity contribution in [3.8, 4) is 17.2 Å². The molecule has 220 valence electrons. The number of rotatable bonds is 15. The van der Waals surface area contributed by atoms with Gasteiger partial charge in [-0.05, 0) is 62.8 Å². The van der Waals surface area contributed by atoms with Crippen molar-refractivity contribution in [3.63, 3.8) is 0 Å². The molecule has 10 nitrogen and oxygen atoms in total. The molecule has 0 aromatic heterocycles. The fraction of sp³-hybridized carbons (Fsp3) is 0.467. The molecule has 2 aromatic carbocycles. The molecule has 1 aliphatic rings. The van der Waals surface area contributed by atoms with Crippen LogP contribution in [0.4, 0.5) is 0 Å². The van der Waals surface area contributed by atoms with Gasteiger partial charge in [0.1, 0.15) is 5.75 Å². The summed E-state index contributed by atoms with van der Waals surface area (Å²) in [7, 11) is 4.96. The molecule has 1 aliphatic carbocycles. The zero-order valence-electron chi connectivity index (χ0n) is 23.8. The SMILES string of the molecule is COc1ccc(CC(C)(C)NC[C@@H](O)CO[C@@H](c2ccccc2OC)C2CC2)cc1OC.O=C(O)/C=C/C(=O)O. The summed E-state index contributed by atoms with van der Waals surface area (Å²) in [6.07, 6.45) is 3.55. The van der Waals surface area contributed by atoms with E-state index in [9.17, 15) is 14.7 Å². The average molecular weight is 560 g/mol. The van der Waals surface area contributed by atoms with Crippen LogP contribution >= 0.6 is 0 Å². The molecule has 0 radical (unpaired) electrons. The highest BCUT2D eigenvalue weighted by atomic mass is 16.5. The van der Waals surface area contributed by atoms with Gasteiger partial charge in [-0.1, -0.05) is 24.3 Å². The van der Waals surface area contributed by atoms with Gasteiger partial charge in [0.05, 0.1) is 40.1 Å². The number of methoxy groups -OCH3 is 3. The van der Waals surface area contributed by atoms with Gasteiger partial charge < -0.3 is 39.6 Å². The predicted octanol–water partition coefficient (Wildman–Crippen LogP) is 3.86. The Morgan fingerprint density at radius 3 is 2.10 bits per heavy atom. The Morgan fingerprint density at radius 1 is 0.950 bits per heavy atom. The van der Waals surface area contributed by atoms with E-state index in [0.717, 1.165) is 47.6 Å². The number of hydrogen-bond donors (Lipinski definition) is 4. The van der Waals surface area contributed by atoms with Crippen LogP contribution in [0, 0.1) is 5.92 Å². The smallest absolute Gasteiger partial charge is 0.328 e. The fourth-order valence-electron chi connectivity index (χ4n) is 4.15. The number of carboxylic acid groups (broad SMARTS) is 2. The van der Waals surface area contributed by atoms with Crippen LogP contribution in [-0.4, -0.2) is 73.4 Å². The van der Waals surface area contributed by atoms with Crippen LogP contribution in [0.2, 0.25) is 0 Å². The minimum Gasteiger partial charge on any atom is -0.496 e. The summed E-state index contributed by atoms with van der Waals surface area (Å²) in [5.74, 6) is 0.257. The zero-order valence-corrected chi connectivity index (χ0v) is 23.8. The third kappa shape index (κ3) is 11.3. The van der Waals surface area contributed by atoms with Crippen molar-refractivity contribution >= 4 is 11.9 Å². The second-order valence-corrected chi connectivity index (χ2v) is 10.1. The van der Waals surface area contributed by atoms with Gasteiger partial charge >= 0.3 is 11.9 Å². The first-order valence-electron chi connectivity index (χ1n) is 13.0. The normalized spacial score (nSPS) is 14.6. The molecule has 0 saturated heterocycles. The van der Waals surface area contributed by atoms with Gasteiger partial charge in [-0.15, -0.1) is 0 Å². The van der Waals surface area contributed by atoms with E-state index in [2.05, 4.69) is 25.2 Å². The molecule has 3 rings (SSSR count). The second-order valence-electron chi connectivity index (χ2n) is 10.1.